The van der Waals surface area contributed by atoms with E-state index in [1.807, 2.05) is 32.0 Å². The predicted molar refractivity (Wildman–Crippen MR) is 113 cm³/mol. The number of aliphatic imine (C=N–C) groups is 1. The minimum atomic E-state index is -1.08. The first-order chi connectivity index (χ1) is 13.9. The van der Waals surface area contributed by atoms with Crippen molar-refractivity contribution in [1.29, 1.82) is 0 Å². The van der Waals surface area contributed by atoms with Crippen molar-refractivity contribution in [3.8, 4) is 11.5 Å². The number of amides is 1. The molecule has 0 spiro atoms. The highest BCUT2D eigenvalue weighted by Crippen LogP contribution is 2.32. The second-order valence-electron chi connectivity index (χ2n) is 6.36. The molecule has 0 radical (unpaired) electrons. The fraction of sp³-hybridized carbons (Fsp3) is 0.190. The van der Waals surface area contributed by atoms with Gasteiger partial charge in [-0.15, -0.1) is 0 Å². The molecule has 2 aromatic rings. The van der Waals surface area contributed by atoms with Crippen LogP contribution in [0.3, 0.4) is 0 Å². The minimum absolute atomic E-state index is 0.233. The van der Waals surface area contributed by atoms with Crippen LogP contribution in [0.5, 0.6) is 11.5 Å². The van der Waals surface area contributed by atoms with E-state index in [0.29, 0.717) is 21.6 Å². The lowest BCUT2D eigenvalue weighted by molar-refractivity contribution is -0.139. The van der Waals surface area contributed by atoms with Crippen molar-refractivity contribution < 1.29 is 24.2 Å². The third kappa shape index (κ3) is 5.17. The van der Waals surface area contributed by atoms with E-state index in [2.05, 4.69) is 10.3 Å². The number of carboxylic acid groups (broad SMARTS) is 1. The molecule has 0 unspecified atom stereocenters. The number of aliphatic carboxylic acids is 1. The smallest absolute Gasteiger partial charge is 0.341 e. The van der Waals surface area contributed by atoms with Crippen LogP contribution in [-0.2, 0) is 9.59 Å². The second kappa shape index (κ2) is 8.83. The molecule has 150 valence electrons. The number of thioether (sulfide) groups is 1. The number of amidine groups is 1. The number of benzene rings is 2. The van der Waals surface area contributed by atoms with E-state index in [0.717, 1.165) is 22.4 Å². The summed E-state index contributed by atoms with van der Waals surface area (Å²) in [4.78, 5) is 28.0. The molecule has 1 heterocycles. The maximum atomic E-state index is 12.3. The molecule has 1 saturated heterocycles. The molecule has 0 aromatic heterocycles. The van der Waals surface area contributed by atoms with Crippen LogP contribution >= 0.6 is 11.8 Å². The summed E-state index contributed by atoms with van der Waals surface area (Å²) in [7, 11) is 1.46. The third-order valence-electron chi connectivity index (χ3n) is 4.06. The van der Waals surface area contributed by atoms with Crippen LogP contribution in [0.1, 0.15) is 16.7 Å². The molecule has 0 atom stereocenters. The number of carboxylic acids is 1. The zero-order valence-corrected chi connectivity index (χ0v) is 17.0. The number of methoxy groups -OCH3 is 1. The fourth-order valence-corrected chi connectivity index (χ4v) is 3.54. The molecule has 1 amide bonds. The number of hydrogen-bond acceptors (Lipinski definition) is 6. The van der Waals surface area contributed by atoms with E-state index in [1.54, 1.807) is 24.3 Å². The monoisotopic (exact) mass is 412 g/mol. The lowest BCUT2D eigenvalue weighted by atomic mass is 10.1. The third-order valence-corrected chi connectivity index (χ3v) is 4.97. The maximum absolute atomic E-state index is 12.3. The Morgan fingerprint density at radius 1 is 1.21 bits per heavy atom. The Bertz CT molecular complexity index is 1030. The maximum Gasteiger partial charge on any atom is 0.341 e. The van der Waals surface area contributed by atoms with Crippen LogP contribution in [0.2, 0.25) is 0 Å². The van der Waals surface area contributed by atoms with Crippen LogP contribution in [0.4, 0.5) is 5.69 Å². The normalized spacial score (nSPS) is 16.2. The summed E-state index contributed by atoms with van der Waals surface area (Å²) in [5.74, 6) is -0.609. The Morgan fingerprint density at radius 2 is 2.00 bits per heavy atom. The van der Waals surface area contributed by atoms with E-state index >= 15 is 0 Å². The van der Waals surface area contributed by atoms with Crippen molar-refractivity contribution in [3.05, 3.63) is 58.0 Å². The van der Waals surface area contributed by atoms with E-state index < -0.39 is 12.6 Å². The first-order valence-corrected chi connectivity index (χ1v) is 9.57. The zero-order valence-electron chi connectivity index (χ0n) is 16.2. The van der Waals surface area contributed by atoms with Crippen LogP contribution in [0.25, 0.3) is 6.08 Å². The Balaban J connectivity index is 1.81. The van der Waals surface area contributed by atoms with E-state index in [-0.39, 0.29) is 5.91 Å². The Labute approximate surface area is 172 Å². The van der Waals surface area contributed by atoms with Crippen molar-refractivity contribution >= 4 is 40.6 Å². The van der Waals surface area contributed by atoms with Gasteiger partial charge in [0.1, 0.15) is 0 Å². The molecule has 0 bridgehead atoms. The number of carbonyl (C=O) groups is 2. The highest BCUT2D eigenvalue weighted by atomic mass is 32.2. The lowest BCUT2D eigenvalue weighted by Crippen LogP contribution is -2.19. The van der Waals surface area contributed by atoms with Gasteiger partial charge in [0, 0.05) is 0 Å². The molecule has 0 aliphatic carbocycles. The summed E-state index contributed by atoms with van der Waals surface area (Å²) in [6, 6.07) is 10.9. The first kappa shape index (κ1) is 20.5. The molecule has 1 fully saturated rings. The first-order valence-electron chi connectivity index (χ1n) is 8.75. The van der Waals surface area contributed by atoms with Gasteiger partial charge in [-0.25, -0.2) is 9.79 Å². The second-order valence-corrected chi connectivity index (χ2v) is 7.40. The number of rotatable bonds is 6. The Hall–Kier alpha value is -3.26. The van der Waals surface area contributed by atoms with E-state index in [9.17, 15) is 9.59 Å². The summed E-state index contributed by atoms with van der Waals surface area (Å²) >= 11 is 1.25. The van der Waals surface area contributed by atoms with Crippen molar-refractivity contribution in [1.82, 2.24) is 5.32 Å². The standard InChI is InChI=1S/C21H20N2O5S/c1-12-4-6-15(13(2)8-12)22-21-23-20(26)18(29-21)10-14-5-7-16(17(9-14)27-3)28-11-19(24)25/h4-10H,11H2,1-3H3,(H,24,25)(H,22,23,26)/b18-10+. The number of hydrogen-bond donors (Lipinski definition) is 2. The van der Waals surface area contributed by atoms with E-state index in [1.165, 1.54) is 18.9 Å². The van der Waals surface area contributed by atoms with Crippen molar-refractivity contribution in [2.24, 2.45) is 4.99 Å². The van der Waals surface area contributed by atoms with Gasteiger partial charge in [-0.1, -0.05) is 23.8 Å². The van der Waals surface area contributed by atoms with Gasteiger partial charge in [-0.3, -0.25) is 4.79 Å². The number of nitrogens with zero attached hydrogens (tertiary/aromatic N) is 1. The molecule has 3 rings (SSSR count). The highest BCUT2D eigenvalue weighted by Gasteiger charge is 2.24. The van der Waals surface area contributed by atoms with Crippen LogP contribution < -0.4 is 14.8 Å². The van der Waals surface area contributed by atoms with Gasteiger partial charge in [0.25, 0.3) is 5.91 Å². The predicted octanol–water partition coefficient (Wildman–Crippen LogP) is 3.67. The SMILES string of the molecule is COc1cc(/C=C2/SC(=Nc3ccc(C)cc3C)NC2=O)ccc1OCC(=O)O. The molecule has 7 nitrogen and oxygen atoms in total. The number of nitrogens with one attached hydrogen (secondary N) is 1. The summed E-state index contributed by atoms with van der Waals surface area (Å²) in [5, 5.41) is 12.0. The largest absolute Gasteiger partial charge is 0.493 e. The zero-order chi connectivity index (χ0) is 21.0. The number of carbonyl (C=O) groups excluding carboxylic acids is 1. The van der Waals surface area contributed by atoms with Gasteiger partial charge in [0.05, 0.1) is 17.7 Å². The highest BCUT2D eigenvalue weighted by molar-refractivity contribution is 8.18. The van der Waals surface area contributed by atoms with Crippen LogP contribution in [0.15, 0.2) is 46.3 Å². The quantitative estimate of drug-likeness (QED) is 0.703. The van der Waals surface area contributed by atoms with Crippen LogP contribution in [0, 0.1) is 13.8 Å². The summed E-state index contributed by atoms with van der Waals surface area (Å²) < 4.78 is 10.4. The van der Waals surface area contributed by atoms with Gasteiger partial charge in [0.2, 0.25) is 0 Å². The molecular formula is C21H20N2O5S. The fourth-order valence-electron chi connectivity index (χ4n) is 2.70. The average molecular weight is 412 g/mol. The summed E-state index contributed by atoms with van der Waals surface area (Å²) in [6.07, 6.45) is 1.72. The number of ether oxygens (including phenoxy) is 2. The van der Waals surface area contributed by atoms with Gasteiger partial charge in [-0.2, -0.15) is 0 Å². The lowest BCUT2D eigenvalue weighted by Gasteiger charge is -2.09. The molecule has 2 aromatic carbocycles. The minimum Gasteiger partial charge on any atom is -0.493 e. The summed E-state index contributed by atoms with van der Waals surface area (Å²) in [6.45, 7) is 3.53. The molecule has 2 N–H and O–H groups in total. The number of aryl methyl sites for hydroxylation is 2. The van der Waals surface area contributed by atoms with Crippen LogP contribution in [-0.4, -0.2) is 35.9 Å². The van der Waals surface area contributed by atoms with Gasteiger partial charge in [0.15, 0.2) is 23.3 Å². The molecule has 1 aliphatic rings. The molecular weight excluding hydrogens is 392 g/mol. The molecule has 8 heteroatoms. The Morgan fingerprint density at radius 3 is 2.69 bits per heavy atom. The van der Waals surface area contributed by atoms with Crippen molar-refractivity contribution in [2.75, 3.05) is 13.7 Å². The average Bonchev–Trinajstić information content (AvgIpc) is 3.01. The molecule has 29 heavy (non-hydrogen) atoms. The van der Waals surface area contributed by atoms with E-state index in [4.69, 9.17) is 14.6 Å². The molecule has 0 saturated carbocycles. The van der Waals surface area contributed by atoms with Gasteiger partial charge >= 0.3 is 5.97 Å². The summed E-state index contributed by atoms with van der Waals surface area (Å²) in [5.41, 5.74) is 3.71. The van der Waals surface area contributed by atoms with Crippen molar-refractivity contribution in [3.63, 3.8) is 0 Å². The molecule has 1 aliphatic heterocycles. The van der Waals surface area contributed by atoms with Gasteiger partial charge < -0.3 is 19.9 Å². The topological polar surface area (TPSA) is 97.2 Å². The van der Waals surface area contributed by atoms with Crippen molar-refractivity contribution in [2.45, 2.75) is 13.8 Å². The van der Waals surface area contributed by atoms with Gasteiger partial charge in [-0.05, 0) is 61.0 Å². The Kier molecular flexibility index (Phi) is 6.23.